The van der Waals surface area contributed by atoms with E-state index in [4.69, 9.17) is 16.3 Å². The topological polar surface area (TPSA) is 27.1 Å². The Morgan fingerprint density at radius 3 is 2.47 bits per heavy atom. The highest BCUT2D eigenvalue weighted by Gasteiger charge is 2.14. The molecule has 0 spiro atoms. The number of hydrogen-bond acceptors (Lipinski definition) is 2. The van der Waals surface area contributed by atoms with Crippen LogP contribution in [-0.4, -0.2) is 15.9 Å². The lowest BCUT2D eigenvalue weighted by molar-refractivity contribution is 0.242. The van der Waals surface area contributed by atoms with Crippen molar-refractivity contribution in [3.8, 4) is 11.4 Å². The molecule has 0 amide bonds. The Kier molecular flexibility index (Phi) is 3.80. The van der Waals surface area contributed by atoms with Gasteiger partial charge in [0.15, 0.2) is 5.82 Å². The van der Waals surface area contributed by atoms with Gasteiger partial charge in [0.1, 0.15) is 11.4 Å². The van der Waals surface area contributed by atoms with Crippen molar-refractivity contribution in [1.82, 2.24) is 9.78 Å². The minimum atomic E-state index is -0.424. The van der Waals surface area contributed by atoms with Crippen molar-refractivity contribution in [2.24, 2.45) is 0 Å². The van der Waals surface area contributed by atoms with Crippen molar-refractivity contribution in [3.05, 3.63) is 40.4 Å². The maximum atomic E-state index is 14.0. The van der Waals surface area contributed by atoms with Crippen LogP contribution >= 0.6 is 11.6 Å². The lowest BCUT2D eigenvalue weighted by Gasteiger charge is -2.14. The molecule has 0 aliphatic heterocycles. The number of rotatable bonds is 3. The molecule has 3 nitrogen and oxygen atoms in total. The van der Waals surface area contributed by atoms with Crippen molar-refractivity contribution in [3.63, 3.8) is 0 Å². The molecular weight excluding hydrogens is 267 g/mol. The zero-order valence-electron chi connectivity index (χ0n) is 11.4. The lowest BCUT2D eigenvalue weighted by atomic mass is 10.2. The SMILES string of the molecule is Cc1cc(C)n(-c2cc(OC(C)C)c(Cl)cc2F)n1. The van der Waals surface area contributed by atoms with Gasteiger partial charge in [0.05, 0.1) is 16.8 Å². The summed E-state index contributed by atoms with van der Waals surface area (Å²) in [7, 11) is 0. The van der Waals surface area contributed by atoms with Crippen LogP contribution in [0.4, 0.5) is 4.39 Å². The smallest absolute Gasteiger partial charge is 0.150 e. The van der Waals surface area contributed by atoms with E-state index < -0.39 is 5.82 Å². The van der Waals surface area contributed by atoms with Gasteiger partial charge >= 0.3 is 0 Å². The summed E-state index contributed by atoms with van der Waals surface area (Å²) in [5.41, 5.74) is 2.03. The molecule has 19 heavy (non-hydrogen) atoms. The van der Waals surface area contributed by atoms with Gasteiger partial charge in [-0.2, -0.15) is 5.10 Å². The third kappa shape index (κ3) is 2.89. The van der Waals surface area contributed by atoms with Crippen LogP contribution in [-0.2, 0) is 0 Å². The minimum absolute atomic E-state index is 0.0312. The molecule has 0 N–H and O–H groups in total. The molecule has 1 heterocycles. The van der Waals surface area contributed by atoms with Crippen molar-refractivity contribution in [2.45, 2.75) is 33.8 Å². The Balaban J connectivity index is 2.54. The summed E-state index contributed by atoms with van der Waals surface area (Å²) < 4.78 is 21.2. The normalized spacial score (nSPS) is 11.1. The van der Waals surface area contributed by atoms with Gasteiger partial charge in [-0.15, -0.1) is 0 Å². The molecule has 0 radical (unpaired) electrons. The van der Waals surface area contributed by atoms with Crippen LogP contribution in [0.1, 0.15) is 25.2 Å². The molecule has 0 unspecified atom stereocenters. The Bertz CT molecular complexity index is 608. The standard InChI is InChI=1S/C14H16ClFN2O/c1-8(2)19-14-7-13(12(16)6-11(14)15)18-10(4)5-9(3)17-18/h5-8H,1-4H3. The number of hydrogen-bond donors (Lipinski definition) is 0. The van der Waals surface area contributed by atoms with Crippen LogP contribution in [0.3, 0.4) is 0 Å². The Hall–Kier alpha value is -1.55. The average molecular weight is 283 g/mol. The summed E-state index contributed by atoms with van der Waals surface area (Å²) in [6.07, 6.45) is -0.0312. The quantitative estimate of drug-likeness (QED) is 0.848. The fourth-order valence-corrected chi connectivity index (χ4v) is 2.09. The second kappa shape index (κ2) is 5.21. The highest BCUT2D eigenvalue weighted by molar-refractivity contribution is 6.32. The number of aromatic nitrogens is 2. The van der Waals surface area contributed by atoms with E-state index in [1.165, 1.54) is 6.07 Å². The van der Waals surface area contributed by atoms with E-state index in [0.29, 0.717) is 11.4 Å². The number of nitrogens with zero attached hydrogens (tertiary/aromatic N) is 2. The third-order valence-electron chi connectivity index (χ3n) is 2.60. The predicted molar refractivity (Wildman–Crippen MR) is 73.8 cm³/mol. The van der Waals surface area contributed by atoms with E-state index in [1.807, 2.05) is 33.8 Å². The molecule has 0 saturated heterocycles. The zero-order chi connectivity index (χ0) is 14.2. The molecule has 0 bridgehead atoms. The number of aryl methyl sites for hydroxylation is 2. The number of ether oxygens (including phenoxy) is 1. The van der Waals surface area contributed by atoms with E-state index in [0.717, 1.165) is 11.4 Å². The summed E-state index contributed by atoms with van der Waals surface area (Å²) in [6, 6.07) is 4.72. The molecule has 0 aliphatic carbocycles. The van der Waals surface area contributed by atoms with Gasteiger partial charge in [0.25, 0.3) is 0 Å². The molecule has 0 aliphatic rings. The second-order valence-corrected chi connectivity index (χ2v) is 5.15. The second-order valence-electron chi connectivity index (χ2n) is 4.74. The van der Waals surface area contributed by atoms with Crippen molar-refractivity contribution in [1.29, 1.82) is 0 Å². The first kappa shape index (κ1) is 13.9. The zero-order valence-corrected chi connectivity index (χ0v) is 12.1. The molecule has 0 fully saturated rings. The summed E-state index contributed by atoms with van der Waals surface area (Å²) in [5.74, 6) is 0.0351. The van der Waals surface area contributed by atoms with Gasteiger partial charge in [-0.3, -0.25) is 0 Å². The molecule has 0 saturated carbocycles. The summed E-state index contributed by atoms with van der Waals surface area (Å²) in [6.45, 7) is 7.52. The molecule has 2 aromatic rings. The first-order valence-corrected chi connectivity index (χ1v) is 6.45. The van der Waals surface area contributed by atoms with Gasteiger partial charge in [0.2, 0.25) is 0 Å². The van der Waals surface area contributed by atoms with E-state index in [2.05, 4.69) is 5.10 Å². The van der Waals surface area contributed by atoms with Gasteiger partial charge < -0.3 is 4.74 Å². The molecule has 1 aromatic carbocycles. The average Bonchev–Trinajstić information content (AvgIpc) is 2.61. The molecule has 5 heteroatoms. The lowest BCUT2D eigenvalue weighted by Crippen LogP contribution is -2.08. The van der Waals surface area contributed by atoms with Crippen LogP contribution in [0, 0.1) is 19.7 Å². The maximum absolute atomic E-state index is 14.0. The highest BCUT2D eigenvalue weighted by Crippen LogP contribution is 2.30. The van der Waals surface area contributed by atoms with Gasteiger partial charge in [0, 0.05) is 11.8 Å². The number of benzene rings is 1. The fourth-order valence-electron chi connectivity index (χ4n) is 1.90. The first-order valence-electron chi connectivity index (χ1n) is 6.08. The monoisotopic (exact) mass is 282 g/mol. The van der Waals surface area contributed by atoms with Crippen molar-refractivity contribution < 1.29 is 9.13 Å². The molecule has 2 rings (SSSR count). The van der Waals surface area contributed by atoms with Crippen LogP contribution in [0.5, 0.6) is 5.75 Å². The van der Waals surface area contributed by atoms with Crippen LogP contribution < -0.4 is 4.74 Å². The van der Waals surface area contributed by atoms with E-state index >= 15 is 0 Å². The summed E-state index contributed by atoms with van der Waals surface area (Å²) in [4.78, 5) is 0. The Morgan fingerprint density at radius 1 is 1.26 bits per heavy atom. The van der Waals surface area contributed by atoms with Crippen LogP contribution in [0.15, 0.2) is 18.2 Å². The number of halogens is 2. The maximum Gasteiger partial charge on any atom is 0.150 e. The van der Waals surface area contributed by atoms with Crippen molar-refractivity contribution >= 4 is 11.6 Å². The van der Waals surface area contributed by atoms with E-state index in [-0.39, 0.29) is 11.1 Å². The van der Waals surface area contributed by atoms with Crippen LogP contribution in [0.2, 0.25) is 5.02 Å². The van der Waals surface area contributed by atoms with Crippen LogP contribution in [0.25, 0.3) is 5.69 Å². The minimum Gasteiger partial charge on any atom is -0.489 e. The Labute approximate surface area is 117 Å². The molecule has 0 atom stereocenters. The van der Waals surface area contributed by atoms with Gasteiger partial charge in [-0.25, -0.2) is 9.07 Å². The highest BCUT2D eigenvalue weighted by atomic mass is 35.5. The van der Waals surface area contributed by atoms with E-state index in [9.17, 15) is 4.39 Å². The predicted octanol–water partition coefficient (Wildman–Crippen LogP) is 4.07. The molecular formula is C14H16ClFN2O. The third-order valence-corrected chi connectivity index (χ3v) is 2.90. The molecule has 1 aromatic heterocycles. The fraction of sp³-hybridized carbons (Fsp3) is 0.357. The molecule has 102 valence electrons. The Morgan fingerprint density at radius 2 is 1.95 bits per heavy atom. The van der Waals surface area contributed by atoms with Gasteiger partial charge in [-0.05, 0) is 39.8 Å². The first-order chi connectivity index (χ1) is 8.88. The largest absolute Gasteiger partial charge is 0.489 e. The van der Waals surface area contributed by atoms with Gasteiger partial charge in [-0.1, -0.05) is 11.6 Å². The van der Waals surface area contributed by atoms with E-state index in [1.54, 1.807) is 10.7 Å². The van der Waals surface area contributed by atoms with Crippen molar-refractivity contribution in [2.75, 3.05) is 0 Å². The summed E-state index contributed by atoms with van der Waals surface area (Å²) >= 11 is 5.98. The summed E-state index contributed by atoms with van der Waals surface area (Å²) in [5, 5.41) is 4.53.